The van der Waals surface area contributed by atoms with E-state index in [-0.39, 0.29) is 11.4 Å². The van der Waals surface area contributed by atoms with Crippen LogP contribution < -0.4 is 0 Å². The summed E-state index contributed by atoms with van der Waals surface area (Å²) >= 11 is 0. The summed E-state index contributed by atoms with van der Waals surface area (Å²) in [5.41, 5.74) is -0.227. The van der Waals surface area contributed by atoms with E-state index < -0.39 is 0 Å². The third-order valence-electron chi connectivity index (χ3n) is 7.30. The molecule has 0 amide bonds. The number of fused-ring (bicyclic) bond motifs is 2. The van der Waals surface area contributed by atoms with Crippen LogP contribution in [-0.4, -0.2) is 37.0 Å². The van der Waals surface area contributed by atoms with Crippen LogP contribution in [0.2, 0.25) is 0 Å². The molecule has 0 aromatic heterocycles. The Morgan fingerprint density at radius 3 is 2.04 bits per heavy atom. The molecule has 24 heavy (non-hydrogen) atoms. The monoisotopic (exact) mass is 334 g/mol. The fourth-order valence-electron chi connectivity index (χ4n) is 5.89. The summed E-state index contributed by atoms with van der Waals surface area (Å²) in [6.45, 7) is 0.623. The van der Waals surface area contributed by atoms with Gasteiger partial charge in [0, 0.05) is 0 Å². The van der Waals surface area contributed by atoms with E-state index in [1.54, 1.807) is 0 Å². The number of carbonyl (C=O) groups excluding carboxylic acids is 1. The third-order valence-corrected chi connectivity index (χ3v) is 7.30. The number of epoxide rings is 2. The molecule has 4 heteroatoms. The van der Waals surface area contributed by atoms with Crippen LogP contribution >= 0.6 is 0 Å². The molecule has 134 valence electrons. The summed E-state index contributed by atoms with van der Waals surface area (Å²) < 4.78 is 17.1. The number of cyclic esters (lactones) is 1. The normalized spacial score (nSPS) is 50.2. The molecule has 3 saturated heterocycles. The SMILES string of the molecule is O=C1OCCCCC1(CC1CCC2OC2C1)CC1CCC2OC2C1. The first-order chi connectivity index (χ1) is 11.7. The molecule has 6 atom stereocenters. The van der Waals surface area contributed by atoms with Gasteiger partial charge in [0.15, 0.2) is 0 Å². The Morgan fingerprint density at radius 1 is 0.833 bits per heavy atom. The van der Waals surface area contributed by atoms with Crippen LogP contribution in [0, 0.1) is 17.3 Å². The van der Waals surface area contributed by atoms with Gasteiger partial charge in [0.1, 0.15) is 0 Å². The van der Waals surface area contributed by atoms with Crippen molar-refractivity contribution in [1.29, 1.82) is 0 Å². The van der Waals surface area contributed by atoms with Gasteiger partial charge >= 0.3 is 5.97 Å². The molecule has 5 fully saturated rings. The van der Waals surface area contributed by atoms with Crippen LogP contribution in [0.1, 0.15) is 70.6 Å². The first-order valence-corrected chi connectivity index (χ1v) is 10.2. The second-order valence-electron chi connectivity index (χ2n) is 9.07. The molecule has 2 aliphatic carbocycles. The molecule has 6 unspecified atom stereocenters. The van der Waals surface area contributed by atoms with E-state index in [0.717, 1.165) is 44.9 Å². The van der Waals surface area contributed by atoms with Crippen LogP contribution in [0.5, 0.6) is 0 Å². The van der Waals surface area contributed by atoms with E-state index >= 15 is 0 Å². The fourth-order valence-corrected chi connectivity index (χ4v) is 5.89. The predicted molar refractivity (Wildman–Crippen MR) is 88.5 cm³/mol. The second-order valence-corrected chi connectivity index (χ2v) is 9.07. The molecule has 0 aromatic rings. The van der Waals surface area contributed by atoms with Crippen LogP contribution in [0.4, 0.5) is 0 Å². The van der Waals surface area contributed by atoms with E-state index in [9.17, 15) is 4.79 Å². The van der Waals surface area contributed by atoms with Crippen LogP contribution in [0.25, 0.3) is 0 Å². The van der Waals surface area contributed by atoms with Gasteiger partial charge in [0.05, 0.1) is 36.4 Å². The maximum Gasteiger partial charge on any atom is 0.312 e. The van der Waals surface area contributed by atoms with Crippen molar-refractivity contribution >= 4 is 5.97 Å². The maximum atomic E-state index is 13.0. The Hall–Kier alpha value is -0.610. The minimum Gasteiger partial charge on any atom is -0.465 e. The molecule has 0 radical (unpaired) electrons. The van der Waals surface area contributed by atoms with Crippen molar-refractivity contribution in [1.82, 2.24) is 0 Å². The topological polar surface area (TPSA) is 51.4 Å². The lowest BCUT2D eigenvalue weighted by Crippen LogP contribution is -2.37. The molecule has 5 rings (SSSR count). The molecule has 3 heterocycles. The van der Waals surface area contributed by atoms with E-state index in [1.807, 2.05) is 0 Å². The molecule has 4 nitrogen and oxygen atoms in total. The molecule has 3 aliphatic heterocycles. The number of hydrogen-bond donors (Lipinski definition) is 0. The molecule has 0 spiro atoms. The third kappa shape index (κ3) is 3.01. The zero-order chi connectivity index (χ0) is 16.1. The van der Waals surface area contributed by atoms with Gasteiger partial charge in [-0.15, -0.1) is 0 Å². The lowest BCUT2D eigenvalue weighted by Gasteiger charge is -2.37. The number of rotatable bonds is 4. The Balaban J connectivity index is 1.31. The Bertz CT molecular complexity index is 474. The second kappa shape index (κ2) is 5.98. The summed E-state index contributed by atoms with van der Waals surface area (Å²) in [5, 5.41) is 0. The van der Waals surface area contributed by atoms with Crippen molar-refractivity contribution < 1.29 is 19.0 Å². The predicted octanol–water partition coefficient (Wildman–Crippen LogP) is 3.62. The highest BCUT2D eigenvalue weighted by Crippen LogP contribution is 2.51. The van der Waals surface area contributed by atoms with Gasteiger partial charge in [-0.3, -0.25) is 4.79 Å². The van der Waals surface area contributed by atoms with Gasteiger partial charge in [-0.25, -0.2) is 0 Å². The smallest absolute Gasteiger partial charge is 0.312 e. The number of carbonyl (C=O) groups is 1. The molecule has 2 saturated carbocycles. The van der Waals surface area contributed by atoms with Crippen LogP contribution in [-0.2, 0) is 19.0 Å². The van der Waals surface area contributed by atoms with Crippen LogP contribution in [0.3, 0.4) is 0 Å². The zero-order valence-electron chi connectivity index (χ0n) is 14.6. The van der Waals surface area contributed by atoms with E-state index in [0.29, 0.717) is 42.9 Å². The first-order valence-electron chi connectivity index (χ1n) is 10.2. The molecular weight excluding hydrogens is 304 g/mol. The minimum atomic E-state index is -0.227. The largest absolute Gasteiger partial charge is 0.465 e. The summed E-state index contributed by atoms with van der Waals surface area (Å²) in [4.78, 5) is 13.0. The van der Waals surface area contributed by atoms with Gasteiger partial charge in [0.2, 0.25) is 0 Å². The average Bonchev–Trinajstić information content (AvgIpc) is 3.45. The lowest BCUT2D eigenvalue weighted by atomic mass is 9.66. The lowest BCUT2D eigenvalue weighted by molar-refractivity contribution is -0.157. The van der Waals surface area contributed by atoms with Gasteiger partial charge < -0.3 is 14.2 Å². The molecule has 0 bridgehead atoms. The number of ether oxygens (including phenoxy) is 3. The van der Waals surface area contributed by atoms with Gasteiger partial charge in [-0.05, 0) is 82.5 Å². The molecule has 0 N–H and O–H groups in total. The highest BCUT2D eigenvalue weighted by Gasteiger charge is 2.51. The fraction of sp³-hybridized carbons (Fsp3) is 0.950. The molecule has 5 aliphatic rings. The zero-order valence-corrected chi connectivity index (χ0v) is 14.6. The molecular formula is C20H30O4. The Morgan fingerprint density at radius 2 is 1.46 bits per heavy atom. The maximum absolute atomic E-state index is 13.0. The van der Waals surface area contributed by atoms with E-state index in [1.165, 1.54) is 25.7 Å². The Labute approximate surface area is 144 Å². The van der Waals surface area contributed by atoms with Crippen molar-refractivity contribution in [2.45, 2.75) is 95.0 Å². The van der Waals surface area contributed by atoms with Crippen molar-refractivity contribution in [3.05, 3.63) is 0 Å². The average molecular weight is 334 g/mol. The summed E-state index contributed by atoms with van der Waals surface area (Å²) in [6, 6.07) is 0. The van der Waals surface area contributed by atoms with Gasteiger partial charge in [-0.1, -0.05) is 0 Å². The quantitative estimate of drug-likeness (QED) is 0.582. The van der Waals surface area contributed by atoms with Crippen molar-refractivity contribution in [3.8, 4) is 0 Å². The summed E-state index contributed by atoms with van der Waals surface area (Å²) in [5.74, 6) is 1.40. The number of esters is 1. The summed E-state index contributed by atoms with van der Waals surface area (Å²) in [7, 11) is 0. The molecule has 0 aromatic carbocycles. The highest BCUT2D eigenvalue weighted by atomic mass is 16.6. The van der Waals surface area contributed by atoms with Gasteiger partial charge in [0.25, 0.3) is 0 Å². The first kappa shape index (κ1) is 15.6. The van der Waals surface area contributed by atoms with E-state index in [4.69, 9.17) is 14.2 Å². The van der Waals surface area contributed by atoms with Gasteiger partial charge in [-0.2, -0.15) is 0 Å². The van der Waals surface area contributed by atoms with Crippen molar-refractivity contribution in [2.24, 2.45) is 17.3 Å². The number of hydrogen-bond acceptors (Lipinski definition) is 4. The van der Waals surface area contributed by atoms with Crippen LogP contribution in [0.15, 0.2) is 0 Å². The summed E-state index contributed by atoms with van der Waals surface area (Å²) in [6.07, 6.45) is 14.5. The minimum absolute atomic E-state index is 0.109. The van der Waals surface area contributed by atoms with E-state index in [2.05, 4.69) is 0 Å². The standard InChI is InChI=1S/C20H30O4/c21-19-20(7-1-2-8-22-19,11-13-3-5-15-17(9-13)23-15)12-14-4-6-16-18(10-14)24-16/h13-18H,1-12H2. The van der Waals surface area contributed by atoms with Crippen molar-refractivity contribution in [2.75, 3.05) is 6.61 Å². The highest BCUT2D eigenvalue weighted by molar-refractivity contribution is 5.77. The van der Waals surface area contributed by atoms with Crippen molar-refractivity contribution in [3.63, 3.8) is 0 Å². The Kier molecular flexibility index (Phi) is 3.89.